The summed E-state index contributed by atoms with van der Waals surface area (Å²) in [5, 5.41) is 8.65. The Kier molecular flexibility index (Phi) is 9.41. The van der Waals surface area contributed by atoms with Gasteiger partial charge in [-0.05, 0) is 58.8 Å². The molecule has 0 aromatic rings. The van der Waals surface area contributed by atoms with Crippen LogP contribution in [0.1, 0.15) is 72.1 Å². The van der Waals surface area contributed by atoms with Crippen LogP contribution in [0.4, 0.5) is 0 Å². The van der Waals surface area contributed by atoms with Gasteiger partial charge in [-0.15, -0.1) is 0 Å². The van der Waals surface area contributed by atoms with Crippen LogP contribution >= 0.6 is 0 Å². The molecule has 0 spiro atoms. The number of aliphatic carboxylic acids is 1. The van der Waals surface area contributed by atoms with Crippen molar-refractivity contribution in [2.45, 2.75) is 83.8 Å². The largest absolute Gasteiger partial charge is 0.480 e. The lowest BCUT2D eigenvalue weighted by atomic mass is 9.85. The van der Waals surface area contributed by atoms with Crippen molar-refractivity contribution in [3.63, 3.8) is 0 Å². The lowest BCUT2D eigenvalue weighted by Crippen LogP contribution is -2.32. The number of hydrogen-bond donors (Lipinski definition) is 1. The van der Waals surface area contributed by atoms with Crippen LogP contribution < -0.4 is 0 Å². The fourth-order valence-corrected chi connectivity index (χ4v) is 3.18. The summed E-state index contributed by atoms with van der Waals surface area (Å²) in [7, 11) is 1.42. The Morgan fingerprint density at radius 1 is 1.00 bits per heavy atom. The summed E-state index contributed by atoms with van der Waals surface area (Å²) in [4.78, 5) is 47.3. The van der Waals surface area contributed by atoms with Gasteiger partial charge in [0, 0.05) is 26.3 Å². The Morgan fingerprint density at radius 3 is 2.14 bits per heavy atom. The van der Waals surface area contributed by atoms with E-state index >= 15 is 0 Å². The summed E-state index contributed by atoms with van der Waals surface area (Å²) in [5.41, 5.74) is -0.479. The zero-order chi connectivity index (χ0) is 21.3. The van der Waals surface area contributed by atoms with E-state index in [0.717, 1.165) is 30.6 Å². The molecule has 160 valence electrons. The molecule has 0 heterocycles. The molecule has 0 aromatic heterocycles. The number of rotatable bonds is 9. The maximum Gasteiger partial charge on any atom is 0.323 e. The molecule has 1 fully saturated rings. The lowest BCUT2D eigenvalue weighted by molar-refractivity contribution is -0.158. The van der Waals surface area contributed by atoms with Crippen LogP contribution in [0.3, 0.4) is 0 Å². The van der Waals surface area contributed by atoms with E-state index in [1.807, 2.05) is 20.8 Å². The third-order valence-corrected chi connectivity index (χ3v) is 4.54. The third-order valence-electron chi connectivity index (χ3n) is 4.54. The Labute approximate surface area is 166 Å². The summed E-state index contributed by atoms with van der Waals surface area (Å²) in [6, 6.07) is 0. The number of carboxylic acid groups (broad SMARTS) is 1. The van der Waals surface area contributed by atoms with Gasteiger partial charge in [-0.25, -0.2) is 0 Å². The summed E-state index contributed by atoms with van der Waals surface area (Å²) in [5.74, 6) is -1.66. The molecule has 0 aliphatic heterocycles. The van der Waals surface area contributed by atoms with E-state index in [1.54, 1.807) is 0 Å². The Morgan fingerprint density at radius 2 is 1.61 bits per heavy atom. The number of amides is 1. The van der Waals surface area contributed by atoms with Gasteiger partial charge in [0.25, 0.3) is 0 Å². The average Bonchev–Trinajstić information content (AvgIpc) is 2.54. The van der Waals surface area contributed by atoms with Crippen molar-refractivity contribution < 1.29 is 33.8 Å². The van der Waals surface area contributed by atoms with Crippen molar-refractivity contribution in [2.75, 3.05) is 13.6 Å². The molecular weight excluding hydrogens is 366 g/mol. The third kappa shape index (κ3) is 10.3. The fraction of sp³-hybridized carbons (Fsp3) is 0.800. The minimum atomic E-state index is -1.07. The second kappa shape index (κ2) is 11.0. The van der Waals surface area contributed by atoms with Gasteiger partial charge in [0.2, 0.25) is 5.91 Å². The van der Waals surface area contributed by atoms with Crippen molar-refractivity contribution in [3.8, 4) is 0 Å². The van der Waals surface area contributed by atoms with Crippen LogP contribution in [-0.2, 0) is 28.7 Å². The maximum absolute atomic E-state index is 11.9. The van der Waals surface area contributed by atoms with E-state index in [-0.39, 0.29) is 49.3 Å². The minimum absolute atomic E-state index is 0.113. The first-order chi connectivity index (χ1) is 13.0. The number of esters is 2. The monoisotopic (exact) mass is 399 g/mol. The summed E-state index contributed by atoms with van der Waals surface area (Å²) < 4.78 is 10.8. The highest BCUT2D eigenvalue weighted by Gasteiger charge is 2.27. The van der Waals surface area contributed by atoms with Gasteiger partial charge in [0.1, 0.15) is 18.2 Å². The summed E-state index contributed by atoms with van der Waals surface area (Å²) in [6.45, 7) is 5.19. The Bertz CT molecular complexity index is 559. The predicted molar refractivity (Wildman–Crippen MR) is 101 cm³/mol. The highest BCUT2D eigenvalue weighted by molar-refractivity contribution is 5.81. The molecular formula is C20H33NO7. The van der Waals surface area contributed by atoms with Gasteiger partial charge >= 0.3 is 17.9 Å². The molecule has 0 bridgehead atoms. The molecule has 0 saturated heterocycles. The van der Waals surface area contributed by atoms with Crippen LogP contribution in [-0.4, -0.2) is 59.1 Å². The van der Waals surface area contributed by atoms with Gasteiger partial charge in [-0.1, -0.05) is 0 Å². The number of carbonyl (C=O) groups excluding carboxylic acids is 3. The number of carbonyl (C=O) groups is 4. The molecule has 1 rings (SSSR count). The number of likely N-dealkylation sites (N-methyl/N-ethyl adjacent to an activating group) is 1. The molecule has 1 aliphatic carbocycles. The van der Waals surface area contributed by atoms with Crippen LogP contribution in [0.15, 0.2) is 0 Å². The molecule has 1 saturated carbocycles. The number of ether oxygens (including phenoxy) is 2. The van der Waals surface area contributed by atoms with Gasteiger partial charge in [-0.3, -0.25) is 19.2 Å². The SMILES string of the molecule is CN(CC(=O)O)C(=O)CCCC(=O)OC1CCC(CC(=O)OC(C)(C)C)CC1. The normalized spacial score (nSPS) is 19.6. The van der Waals surface area contributed by atoms with E-state index in [2.05, 4.69) is 0 Å². The molecule has 0 unspecified atom stereocenters. The highest BCUT2D eigenvalue weighted by Crippen LogP contribution is 2.29. The molecule has 1 N–H and O–H groups in total. The lowest BCUT2D eigenvalue weighted by Gasteiger charge is -2.29. The molecule has 8 heteroatoms. The first-order valence-electron chi connectivity index (χ1n) is 9.83. The standard InChI is InChI=1S/C20H33NO7/c1-20(2,3)28-19(26)12-14-8-10-15(11-9-14)27-18(25)7-5-6-16(22)21(4)13-17(23)24/h14-15H,5-13H2,1-4H3,(H,23,24). The quantitative estimate of drug-likeness (QED) is 0.593. The summed E-state index contributed by atoms with van der Waals surface area (Å²) in [6.07, 6.45) is 3.89. The van der Waals surface area contributed by atoms with Crippen molar-refractivity contribution >= 4 is 23.8 Å². The van der Waals surface area contributed by atoms with Gasteiger partial charge in [0.05, 0.1) is 0 Å². The van der Waals surface area contributed by atoms with Crippen LogP contribution in [0.25, 0.3) is 0 Å². The Balaban J connectivity index is 2.21. The second-order valence-corrected chi connectivity index (χ2v) is 8.42. The molecule has 0 radical (unpaired) electrons. The second-order valence-electron chi connectivity index (χ2n) is 8.42. The van der Waals surface area contributed by atoms with Crippen molar-refractivity contribution in [1.82, 2.24) is 4.90 Å². The Hall–Kier alpha value is -2.12. The van der Waals surface area contributed by atoms with E-state index in [4.69, 9.17) is 14.6 Å². The smallest absolute Gasteiger partial charge is 0.323 e. The maximum atomic E-state index is 11.9. The number of nitrogens with zero attached hydrogens (tertiary/aromatic N) is 1. The van der Waals surface area contributed by atoms with Crippen molar-refractivity contribution in [2.24, 2.45) is 5.92 Å². The van der Waals surface area contributed by atoms with E-state index in [1.165, 1.54) is 7.05 Å². The van der Waals surface area contributed by atoms with Crippen molar-refractivity contribution in [1.29, 1.82) is 0 Å². The molecule has 0 aromatic carbocycles. The fourth-order valence-electron chi connectivity index (χ4n) is 3.18. The predicted octanol–water partition coefficient (Wildman–Crippen LogP) is 2.53. The van der Waals surface area contributed by atoms with Crippen molar-refractivity contribution in [3.05, 3.63) is 0 Å². The van der Waals surface area contributed by atoms with E-state index in [9.17, 15) is 19.2 Å². The first-order valence-corrected chi connectivity index (χ1v) is 9.83. The summed E-state index contributed by atoms with van der Waals surface area (Å²) >= 11 is 0. The zero-order valence-electron chi connectivity index (χ0n) is 17.4. The molecule has 28 heavy (non-hydrogen) atoms. The van der Waals surface area contributed by atoms with Gasteiger partial charge < -0.3 is 19.5 Å². The van der Waals surface area contributed by atoms with Crippen LogP contribution in [0.5, 0.6) is 0 Å². The van der Waals surface area contributed by atoms with Crippen LogP contribution in [0, 0.1) is 5.92 Å². The topological polar surface area (TPSA) is 110 Å². The highest BCUT2D eigenvalue weighted by atomic mass is 16.6. The first kappa shape index (κ1) is 23.9. The number of carboxylic acids is 1. The average molecular weight is 399 g/mol. The molecule has 1 amide bonds. The van der Waals surface area contributed by atoms with Crippen LogP contribution in [0.2, 0.25) is 0 Å². The van der Waals surface area contributed by atoms with Gasteiger partial charge in [-0.2, -0.15) is 0 Å². The minimum Gasteiger partial charge on any atom is -0.480 e. The van der Waals surface area contributed by atoms with E-state index in [0.29, 0.717) is 12.8 Å². The molecule has 0 atom stereocenters. The zero-order valence-corrected chi connectivity index (χ0v) is 17.4. The molecule has 1 aliphatic rings. The number of hydrogen-bond acceptors (Lipinski definition) is 6. The van der Waals surface area contributed by atoms with E-state index < -0.39 is 11.6 Å². The van der Waals surface area contributed by atoms with Gasteiger partial charge in [0.15, 0.2) is 0 Å². The molecule has 8 nitrogen and oxygen atoms in total.